The zero-order valence-corrected chi connectivity index (χ0v) is 12.4. The van der Waals surface area contributed by atoms with E-state index in [1.54, 1.807) is 26.0 Å². The second kappa shape index (κ2) is 5.79. The number of benzene rings is 2. The smallest absolute Gasteiger partial charge is 0.230 e. The quantitative estimate of drug-likeness (QED) is 0.750. The van der Waals surface area contributed by atoms with Crippen molar-refractivity contribution >= 4 is 5.69 Å². The molecular weight excluding hydrogens is 295 g/mol. The summed E-state index contributed by atoms with van der Waals surface area (Å²) in [7, 11) is 1.27. The minimum absolute atomic E-state index is 0.341. The molecule has 0 aliphatic carbocycles. The fraction of sp³-hybridized carbons (Fsp3) is 0.250. The number of hydrogen-bond donors (Lipinski definition) is 0. The van der Waals surface area contributed by atoms with Crippen LogP contribution in [0.4, 0.5) is 18.9 Å². The first-order chi connectivity index (χ1) is 10.2. The molecule has 0 N–H and O–H groups in total. The summed E-state index contributed by atoms with van der Waals surface area (Å²) >= 11 is 0. The summed E-state index contributed by atoms with van der Waals surface area (Å²) in [5.74, 6) is 0. The molecule has 0 spiro atoms. The zero-order valence-electron chi connectivity index (χ0n) is 12.4. The van der Waals surface area contributed by atoms with Crippen molar-refractivity contribution in [2.24, 2.45) is 0 Å². The molecule has 0 saturated heterocycles. The lowest BCUT2D eigenvalue weighted by Crippen LogP contribution is -2.04. The molecule has 116 valence electrons. The van der Waals surface area contributed by atoms with Crippen LogP contribution in [0.5, 0.6) is 0 Å². The van der Waals surface area contributed by atoms with Crippen molar-refractivity contribution in [2.45, 2.75) is 20.0 Å². The van der Waals surface area contributed by atoms with Crippen LogP contribution in [-0.2, 0) is 11.0 Å². The van der Waals surface area contributed by atoms with Gasteiger partial charge in [-0.2, -0.15) is 13.2 Å². The average Bonchev–Trinajstić information content (AvgIpc) is 2.45. The van der Waals surface area contributed by atoms with E-state index in [1.807, 2.05) is 0 Å². The first-order valence-corrected chi connectivity index (χ1v) is 6.54. The third-order valence-electron chi connectivity index (χ3n) is 3.39. The third kappa shape index (κ3) is 3.10. The Balaban J connectivity index is 2.47. The molecule has 0 fully saturated rings. The first-order valence-electron chi connectivity index (χ1n) is 6.54. The molecule has 0 aliphatic heterocycles. The highest BCUT2D eigenvalue weighted by atomic mass is 19.4. The second-order valence-corrected chi connectivity index (χ2v) is 4.97. The van der Waals surface area contributed by atoms with Crippen LogP contribution in [0.2, 0.25) is 0 Å². The molecule has 0 radical (unpaired) electrons. The molecule has 3 nitrogen and oxygen atoms in total. The van der Waals surface area contributed by atoms with Crippen molar-refractivity contribution in [3.63, 3.8) is 0 Å². The van der Waals surface area contributed by atoms with Gasteiger partial charge in [-0.3, -0.25) is 0 Å². The predicted octanol–water partition coefficient (Wildman–Crippen LogP) is 4.96. The molecule has 0 unspecified atom stereocenters. The lowest BCUT2D eigenvalue weighted by Gasteiger charge is -2.11. The number of hydrogen-bond acceptors (Lipinski definition) is 2. The van der Waals surface area contributed by atoms with Crippen LogP contribution in [0.3, 0.4) is 0 Å². The molecule has 0 aliphatic rings. The third-order valence-corrected chi connectivity index (χ3v) is 3.39. The van der Waals surface area contributed by atoms with Gasteiger partial charge in [-0.05, 0) is 48.2 Å². The Bertz CT molecular complexity index is 683. The molecule has 2 aromatic carbocycles. The summed E-state index contributed by atoms with van der Waals surface area (Å²) in [5, 5.41) is 0. The summed E-state index contributed by atoms with van der Waals surface area (Å²) in [6.45, 7) is 3.60. The van der Waals surface area contributed by atoms with Gasteiger partial charge in [0.1, 0.15) is 0 Å². The number of rotatable bonds is 3. The summed E-state index contributed by atoms with van der Waals surface area (Å²) in [6.07, 6.45) is -4.35. The van der Waals surface area contributed by atoms with Gasteiger partial charge < -0.3 is 0 Å². The van der Waals surface area contributed by atoms with E-state index in [2.05, 4.69) is 4.84 Å². The maximum Gasteiger partial charge on any atom is 0.416 e. The van der Waals surface area contributed by atoms with Crippen molar-refractivity contribution in [3.8, 4) is 11.1 Å². The predicted molar refractivity (Wildman–Crippen MR) is 76.7 cm³/mol. The van der Waals surface area contributed by atoms with E-state index >= 15 is 0 Å². The maximum absolute atomic E-state index is 12.6. The maximum atomic E-state index is 12.6. The van der Waals surface area contributed by atoms with Crippen LogP contribution in [0, 0.1) is 18.8 Å². The summed E-state index contributed by atoms with van der Waals surface area (Å²) < 4.78 is 37.8. The van der Waals surface area contributed by atoms with Crippen LogP contribution in [0.15, 0.2) is 36.4 Å². The van der Waals surface area contributed by atoms with E-state index in [4.69, 9.17) is 0 Å². The van der Waals surface area contributed by atoms with Gasteiger partial charge in [-0.25, -0.2) is 4.84 Å². The van der Waals surface area contributed by atoms with Crippen LogP contribution >= 0.6 is 0 Å². The van der Waals surface area contributed by atoms with Gasteiger partial charge in [-0.15, -0.1) is 0 Å². The van der Waals surface area contributed by atoms with Gasteiger partial charge in [0, 0.05) is 12.1 Å². The Hall–Kier alpha value is -2.37. The molecule has 0 heterocycles. The van der Waals surface area contributed by atoms with E-state index in [0.717, 1.165) is 28.8 Å². The monoisotopic (exact) mass is 310 g/mol. The molecule has 0 aromatic heterocycles. The van der Waals surface area contributed by atoms with Crippen molar-refractivity contribution in [1.82, 2.24) is 0 Å². The first kappa shape index (κ1) is 16.0. The Morgan fingerprint density at radius 1 is 1.00 bits per heavy atom. The normalized spacial score (nSPS) is 11.4. The van der Waals surface area contributed by atoms with Gasteiger partial charge in [-0.1, -0.05) is 12.1 Å². The van der Waals surface area contributed by atoms with Gasteiger partial charge in [0.15, 0.2) is 7.11 Å². The molecule has 2 aromatic rings. The number of halogens is 3. The second-order valence-electron chi connectivity index (χ2n) is 4.97. The van der Waals surface area contributed by atoms with E-state index < -0.39 is 11.7 Å². The summed E-state index contributed by atoms with van der Waals surface area (Å²) in [6, 6.07) is 8.24. The molecule has 0 bridgehead atoms. The Morgan fingerprint density at radius 2 is 1.50 bits per heavy atom. The SMILES string of the molecule is CO[N+](=O)c1cc(C)c(-c2ccc(C(F)(F)F)cc2)c(C)c1. The molecule has 6 heteroatoms. The lowest BCUT2D eigenvalue weighted by molar-refractivity contribution is -0.736. The van der Waals surface area contributed by atoms with Crippen LogP contribution in [-0.4, -0.2) is 12.0 Å². The van der Waals surface area contributed by atoms with E-state index in [9.17, 15) is 18.1 Å². The molecular formula is C16H15F3NO2+. The van der Waals surface area contributed by atoms with Crippen molar-refractivity contribution in [3.05, 3.63) is 58.0 Å². The van der Waals surface area contributed by atoms with Crippen molar-refractivity contribution in [1.29, 1.82) is 0 Å². The Labute approximate surface area is 125 Å². The molecule has 0 saturated carbocycles. The zero-order chi connectivity index (χ0) is 16.5. The van der Waals surface area contributed by atoms with Crippen molar-refractivity contribution < 1.29 is 22.9 Å². The van der Waals surface area contributed by atoms with Crippen LogP contribution < -0.4 is 0 Å². The Morgan fingerprint density at radius 3 is 1.91 bits per heavy atom. The molecule has 0 atom stereocenters. The Kier molecular flexibility index (Phi) is 4.21. The van der Waals surface area contributed by atoms with Gasteiger partial charge in [0.25, 0.3) is 4.92 Å². The lowest BCUT2D eigenvalue weighted by atomic mass is 9.94. The highest BCUT2D eigenvalue weighted by Gasteiger charge is 2.30. The summed E-state index contributed by atoms with van der Waals surface area (Å²) in [5.41, 5.74) is 2.70. The van der Waals surface area contributed by atoms with E-state index in [-0.39, 0.29) is 0 Å². The van der Waals surface area contributed by atoms with Crippen molar-refractivity contribution in [2.75, 3.05) is 7.11 Å². The fourth-order valence-electron chi connectivity index (χ4n) is 2.43. The van der Waals surface area contributed by atoms with E-state index in [0.29, 0.717) is 16.2 Å². The van der Waals surface area contributed by atoms with Gasteiger partial charge in [0.05, 0.1) is 10.5 Å². The van der Waals surface area contributed by atoms with Gasteiger partial charge in [0.2, 0.25) is 0 Å². The largest absolute Gasteiger partial charge is 0.416 e. The number of aryl methyl sites for hydroxylation is 2. The molecule has 2 rings (SSSR count). The molecule has 22 heavy (non-hydrogen) atoms. The van der Waals surface area contributed by atoms with Crippen LogP contribution in [0.1, 0.15) is 16.7 Å². The fourth-order valence-corrected chi connectivity index (χ4v) is 2.43. The van der Waals surface area contributed by atoms with Crippen LogP contribution in [0.25, 0.3) is 11.1 Å². The standard InChI is InChI=1S/C16H15F3NO2/c1-10-8-14(20(21)22-3)9-11(2)15(10)12-4-6-13(7-5-12)16(17,18)19/h4-9H,1-3H3/q+1. The average molecular weight is 310 g/mol. The number of alkyl halides is 3. The topological polar surface area (TPSA) is 29.3 Å². The van der Waals surface area contributed by atoms with Gasteiger partial charge >= 0.3 is 11.9 Å². The highest BCUT2D eigenvalue weighted by molar-refractivity contribution is 5.72. The molecule has 0 amide bonds. The summed E-state index contributed by atoms with van der Waals surface area (Å²) in [4.78, 5) is 16.5. The minimum atomic E-state index is -4.35. The number of nitrogens with zero attached hydrogens (tertiary/aromatic N) is 1. The van der Waals surface area contributed by atoms with E-state index in [1.165, 1.54) is 19.2 Å². The highest BCUT2D eigenvalue weighted by Crippen LogP contribution is 2.34. The minimum Gasteiger partial charge on any atom is -0.230 e.